The largest absolute Gasteiger partial charge is 0.299 e. The topological polar surface area (TPSA) is 17.1 Å². The lowest BCUT2D eigenvalue weighted by molar-refractivity contribution is -0.121. The second-order valence-corrected chi connectivity index (χ2v) is 9.42. The van der Waals surface area contributed by atoms with Gasteiger partial charge in [0.2, 0.25) is 0 Å². The predicted molar refractivity (Wildman–Crippen MR) is 120 cm³/mol. The molecule has 0 bridgehead atoms. The number of hydrogen-bond donors (Lipinski definition) is 0. The van der Waals surface area contributed by atoms with Crippen LogP contribution < -0.4 is 0 Å². The predicted octanol–water partition coefficient (Wildman–Crippen LogP) is 8.53. The van der Waals surface area contributed by atoms with Gasteiger partial charge in [-0.2, -0.15) is 0 Å². The molecule has 2 heteroatoms. The number of benzene rings is 1. The maximum Gasteiger partial charge on any atom is 0.143 e. The monoisotopic (exact) mass is 434 g/mol. The van der Waals surface area contributed by atoms with E-state index < -0.39 is 0 Å². The molecule has 0 N–H and O–H groups in total. The Kier molecular flexibility index (Phi) is 10.7. The van der Waals surface area contributed by atoms with E-state index in [0.29, 0.717) is 5.78 Å². The number of hydrogen-bond acceptors (Lipinski definition) is 1. The fourth-order valence-electron chi connectivity index (χ4n) is 4.17. The Morgan fingerprint density at radius 3 is 1.67 bits per heavy atom. The van der Waals surface area contributed by atoms with Gasteiger partial charge < -0.3 is 0 Å². The third-order valence-corrected chi connectivity index (χ3v) is 6.72. The van der Waals surface area contributed by atoms with E-state index in [2.05, 4.69) is 47.1 Å². The molecule has 0 amide bonds. The van der Waals surface area contributed by atoms with Crippen LogP contribution in [0.5, 0.6) is 0 Å². The van der Waals surface area contributed by atoms with E-state index in [1.54, 1.807) is 0 Å². The van der Waals surface area contributed by atoms with Crippen molar-refractivity contribution in [1.82, 2.24) is 0 Å². The Hall–Kier alpha value is -0.630. The van der Waals surface area contributed by atoms with Crippen LogP contribution in [0.4, 0.5) is 0 Å². The molecule has 0 unspecified atom stereocenters. The SMILES string of the molecule is CCCCCCCCCCCCCCCC(=O)C1(c2ccc(Br)cc2)CC1. The third kappa shape index (κ3) is 8.10. The molecule has 1 aliphatic carbocycles. The van der Waals surface area contributed by atoms with Gasteiger partial charge in [-0.05, 0) is 37.0 Å². The molecule has 0 heterocycles. The average Bonchev–Trinajstić information content (AvgIpc) is 3.48. The van der Waals surface area contributed by atoms with E-state index in [9.17, 15) is 4.79 Å². The number of carbonyl (C=O) groups is 1. The Labute approximate surface area is 175 Å². The lowest BCUT2D eigenvalue weighted by Crippen LogP contribution is -2.20. The molecule has 152 valence electrons. The van der Waals surface area contributed by atoms with Crippen molar-refractivity contribution < 1.29 is 4.79 Å². The van der Waals surface area contributed by atoms with Gasteiger partial charge in [-0.3, -0.25) is 4.79 Å². The first kappa shape index (κ1) is 22.7. The van der Waals surface area contributed by atoms with Gasteiger partial charge in [0.1, 0.15) is 5.78 Å². The summed E-state index contributed by atoms with van der Waals surface area (Å²) >= 11 is 3.48. The molecule has 0 spiro atoms. The minimum absolute atomic E-state index is 0.127. The average molecular weight is 435 g/mol. The summed E-state index contributed by atoms with van der Waals surface area (Å²) in [6.45, 7) is 2.28. The number of halogens is 1. The van der Waals surface area contributed by atoms with Gasteiger partial charge in [-0.25, -0.2) is 0 Å². The highest BCUT2D eigenvalue weighted by atomic mass is 79.9. The fourth-order valence-corrected chi connectivity index (χ4v) is 4.43. The summed E-state index contributed by atoms with van der Waals surface area (Å²) in [7, 11) is 0. The van der Waals surface area contributed by atoms with Crippen LogP contribution in [-0.2, 0) is 10.2 Å². The molecule has 1 aliphatic rings. The van der Waals surface area contributed by atoms with Crippen molar-refractivity contribution in [3.63, 3.8) is 0 Å². The molecule has 0 aliphatic heterocycles. The Balaban J connectivity index is 1.45. The van der Waals surface area contributed by atoms with Crippen LogP contribution in [0.3, 0.4) is 0 Å². The quantitative estimate of drug-likeness (QED) is 0.238. The van der Waals surface area contributed by atoms with E-state index in [-0.39, 0.29) is 5.41 Å². The van der Waals surface area contributed by atoms with Crippen molar-refractivity contribution >= 4 is 21.7 Å². The maximum absolute atomic E-state index is 12.7. The van der Waals surface area contributed by atoms with E-state index >= 15 is 0 Å². The van der Waals surface area contributed by atoms with E-state index in [0.717, 1.165) is 30.2 Å². The summed E-state index contributed by atoms with van der Waals surface area (Å²) in [6.07, 6.45) is 20.5. The third-order valence-electron chi connectivity index (χ3n) is 6.19. The van der Waals surface area contributed by atoms with Crippen molar-refractivity contribution in [1.29, 1.82) is 0 Å². The molecule has 0 atom stereocenters. The maximum atomic E-state index is 12.7. The van der Waals surface area contributed by atoms with Gasteiger partial charge in [-0.1, -0.05) is 112 Å². The van der Waals surface area contributed by atoms with Gasteiger partial charge in [0.05, 0.1) is 5.41 Å². The molecular formula is C25H39BrO. The minimum atomic E-state index is -0.127. The van der Waals surface area contributed by atoms with Crippen LogP contribution in [-0.4, -0.2) is 5.78 Å². The van der Waals surface area contributed by atoms with Crippen LogP contribution in [0.1, 0.15) is 115 Å². The number of unbranched alkanes of at least 4 members (excludes halogenated alkanes) is 12. The van der Waals surface area contributed by atoms with Gasteiger partial charge in [0, 0.05) is 10.9 Å². The smallest absolute Gasteiger partial charge is 0.143 e. The lowest BCUT2D eigenvalue weighted by Gasteiger charge is -2.14. The van der Waals surface area contributed by atoms with Crippen molar-refractivity contribution in [2.45, 2.75) is 115 Å². The van der Waals surface area contributed by atoms with E-state index in [4.69, 9.17) is 0 Å². The first-order valence-electron chi connectivity index (χ1n) is 11.5. The number of Topliss-reactive ketones (excluding diaryl/α,β-unsaturated/α-hetero) is 1. The van der Waals surface area contributed by atoms with Gasteiger partial charge in [0.15, 0.2) is 0 Å². The molecule has 1 fully saturated rings. The van der Waals surface area contributed by atoms with Gasteiger partial charge in [0.25, 0.3) is 0 Å². The first-order chi connectivity index (χ1) is 13.2. The van der Waals surface area contributed by atoms with Crippen LogP contribution in [0.15, 0.2) is 28.7 Å². The molecule has 0 radical (unpaired) electrons. The van der Waals surface area contributed by atoms with Crippen molar-refractivity contribution in [2.24, 2.45) is 0 Å². The van der Waals surface area contributed by atoms with Gasteiger partial charge in [-0.15, -0.1) is 0 Å². The summed E-state index contributed by atoms with van der Waals surface area (Å²) in [5.41, 5.74) is 1.10. The van der Waals surface area contributed by atoms with Crippen LogP contribution in [0.25, 0.3) is 0 Å². The lowest BCUT2D eigenvalue weighted by atomic mass is 9.88. The number of carbonyl (C=O) groups excluding carboxylic acids is 1. The van der Waals surface area contributed by atoms with Crippen molar-refractivity contribution in [2.75, 3.05) is 0 Å². The summed E-state index contributed by atoms with van der Waals surface area (Å²) in [4.78, 5) is 12.7. The normalized spacial score (nSPS) is 15.0. The molecular weight excluding hydrogens is 396 g/mol. The van der Waals surface area contributed by atoms with Crippen molar-refractivity contribution in [3.8, 4) is 0 Å². The molecule has 1 aromatic carbocycles. The molecule has 27 heavy (non-hydrogen) atoms. The highest BCUT2D eigenvalue weighted by Gasteiger charge is 2.49. The molecule has 0 saturated heterocycles. The zero-order valence-corrected chi connectivity index (χ0v) is 19.0. The second kappa shape index (κ2) is 12.8. The van der Waals surface area contributed by atoms with Crippen LogP contribution >= 0.6 is 15.9 Å². The molecule has 1 nitrogen and oxygen atoms in total. The van der Waals surface area contributed by atoms with Gasteiger partial charge >= 0.3 is 0 Å². The Morgan fingerprint density at radius 1 is 0.778 bits per heavy atom. The number of rotatable bonds is 16. The Bertz CT molecular complexity index is 530. The standard InChI is InChI=1S/C25H39BrO/c1-2-3-4-5-6-7-8-9-10-11-12-13-14-15-24(27)25(20-21-25)22-16-18-23(26)19-17-22/h16-19H,2-15,20-21H2,1H3. The molecule has 2 rings (SSSR count). The highest BCUT2D eigenvalue weighted by molar-refractivity contribution is 9.10. The molecule has 0 aromatic heterocycles. The summed E-state index contributed by atoms with van der Waals surface area (Å²) in [5.74, 6) is 0.480. The zero-order chi connectivity index (χ0) is 19.4. The van der Waals surface area contributed by atoms with E-state index in [1.165, 1.54) is 82.6 Å². The first-order valence-corrected chi connectivity index (χ1v) is 12.3. The second-order valence-electron chi connectivity index (χ2n) is 8.50. The summed E-state index contributed by atoms with van der Waals surface area (Å²) in [5, 5.41) is 0. The fraction of sp³-hybridized carbons (Fsp3) is 0.720. The molecule has 1 aromatic rings. The molecule has 1 saturated carbocycles. The highest BCUT2D eigenvalue weighted by Crippen LogP contribution is 2.50. The van der Waals surface area contributed by atoms with Crippen LogP contribution in [0.2, 0.25) is 0 Å². The number of ketones is 1. The van der Waals surface area contributed by atoms with E-state index in [1.807, 2.05) is 0 Å². The summed E-state index contributed by atoms with van der Waals surface area (Å²) < 4.78 is 1.09. The summed E-state index contributed by atoms with van der Waals surface area (Å²) in [6, 6.07) is 8.37. The zero-order valence-electron chi connectivity index (χ0n) is 17.4. The van der Waals surface area contributed by atoms with Crippen molar-refractivity contribution in [3.05, 3.63) is 34.3 Å². The minimum Gasteiger partial charge on any atom is -0.299 e. The van der Waals surface area contributed by atoms with Crippen LogP contribution in [0, 0.1) is 0 Å². The Morgan fingerprint density at radius 2 is 1.22 bits per heavy atom.